The molecule has 9 aromatic carbocycles. The number of anilines is 3. The zero-order valence-electron chi connectivity index (χ0n) is 29.5. The van der Waals surface area contributed by atoms with Crippen molar-refractivity contribution in [1.82, 2.24) is 0 Å². The topological polar surface area (TPSA) is 3.24 Å². The first-order chi connectivity index (χ1) is 26.8. The number of rotatable bonds is 4. The fourth-order valence-electron chi connectivity index (χ4n) is 10.1. The van der Waals surface area contributed by atoms with E-state index < -0.39 is 5.41 Å². The Bertz CT molecular complexity index is 2980. The van der Waals surface area contributed by atoms with Crippen LogP contribution in [0.25, 0.3) is 66.4 Å². The largest absolute Gasteiger partial charge is 0.310 e. The van der Waals surface area contributed by atoms with Gasteiger partial charge in [0.05, 0.1) is 5.41 Å². The zero-order chi connectivity index (χ0) is 35.4. The highest BCUT2D eigenvalue weighted by Gasteiger charge is 2.52. The van der Waals surface area contributed by atoms with Crippen molar-refractivity contribution < 1.29 is 0 Å². The Hall–Kier alpha value is -6.96. The number of hydrogen-bond acceptors (Lipinski definition) is 1. The van der Waals surface area contributed by atoms with Crippen LogP contribution in [0.15, 0.2) is 200 Å². The summed E-state index contributed by atoms with van der Waals surface area (Å²) in [4.78, 5) is 2.39. The van der Waals surface area contributed by atoms with Crippen LogP contribution in [0, 0.1) is 0 Å². The molecule has 1 spiro atoms. The molecule has 0 saturated heterocycles. The Morgan fingerprint density at radius 3 is 1.59 bits per heavy atom. The minimum Gasteiger partial charge on any atom is -0.310 e. The lowest BCUT2D eigenvalue weighted by molar-refractivity contribution is 0.795. The van der Waals surface area contributed by atoms with Gasteiger partial charge < -0.3 is 4.90 Å². The highest BCUT2D eigenvalue weighted by molar-refractivity contribution is 6.21. The van der Waals surface area contributed by atoms with Gasteiger partial charge in [0.25, 0.3) is 0 Å². The van der Waals surface area contributed by atoms with E-state index in [1.54, 1.807) is 0 Å². The number of fused-ring (bicyclic) bond motifs is 14. The molecule has 0 amide bonds. The quantitative estimate of drug-likeness (QED) is 0.178. The molecule has 1 nitrogen and oxygen atoms in total. The summed E-state index contributed by atoms with van der Waals surface area (Å²) in [6.07, 6.45) is 0. The lowest BCUT2D eigenvalue weighted by Crippen LogP contribution is -2.26. The van der Waals surface area contributed by atoms with E-state index in [0.717, 1.165) is 17.1 Å². The van der Waals surface area contributed by atoms with Crippen LogP contribution < -0.4 is 4.90 Å². The Morgan fingerprint density at radius 2 is 0.833 bits per heavy atom. The molecule has 3 aliphatic rings. The average molecular weight is 684 g/mol. The Balaban J connectivity index is 1.11. The normalized spacial score (nSPS) is 15.1. The molecule has 9 aromatic rings. The average Bonchev–Trinajstić information content (AvgIpc) is 3.84. The third kappa shape index (κ3) is 3.83. The fraction of sp³-hybridized carbons (Fsp3) is 0.0189. The van der Waals surface area contributed by atoms with Crippen molar-refractivity contribution in [3.63, 3.8) is 0 Å². The maximum atomic E-state index is 2.55. The predicted molar refractivity (Wildman–Crippen MR) is 225 cm³/mol. The van der Waals surface area contributed by atoms with Gasteiger partial charge in [0, 0.05) is 17.1 Å². The van der Waals surface area contributed by atoms with Crippen LogP contribution in [-0.2, 0) is 5.41 Å². The van der Waals surface area contributed by atoms with Crippen LogP contribution in [0.4, 0.5) is 17.1 Å². The summed E-state index contributed by atoms with van der Waals surface area (Å²) in [7, 11) is 0. The van der Waals surface area contributed by atoms with Crippen molar-refractivity contribution in [2.75, 3.05) is 4.90 Å². The van der Waals surface area contributed by atoms with Gasteiger partial charge in [0.2, 0.25) is 0 Å². The Morgan fingerprint density at radius 1 is 0.296 bits per heavy atom. The second-order valence-corrected chi connectivity index (χ2v) is 14.8. The molecule has 12 rings (SSSR count). The maximum Gasteiger partial charge on any atom is 0.0726 e. The molecule has 0 fully saturated rings. The lowest BCUT2D eigenvalue weighted by Gasteiger charge is -2.31. The minimum absolute atomic E-state index is 0.441. The number of hydrogen-bond donors (Lipinski definition) is 0. The summed E-state index contributed by atoms with van der Waals surface area (Å²) in [5, 5.41) is 2.72. The number of para-hydroxylation sites is 1. The summed E-state index contributed by atoms with van der Waals surface area (Å²) < 4.78 is 0. The number of nitrogens with zero attached hydrogens (tertiary/aromatic N) is 1. The van der Waals surface area contributed by atoms with Crippen molar-refractivity contribution in [2.45, 2.75) is 5.41 Å². The molecule has 0 N–H and O–H groups in total. The van der Waals surface area contributed by atoms with Gasteiger partial charge in [-0.05, 0) is 131 Å². The Labute approximate surface area is 315 Å². The molecular formula is C53H33N. The molecule has 0 heterocycles. The van der Waals surface area contributed by atoms with E-state index in [0.29, 0.717) is 0 Å². The molecule has 0 aromatic heterocycles. The second kappa shape index (κ2) is 11.0. The third-order valence-corrected chi connectivity index (χ3v) is 12.2. The summed E-state index contributed by atoms with van der Waals surface area (Å²) in [6.45, 7) is 0. The fourth-order valence-corrected chi connectivity index (χ4v) is 10.1. The first kappa shape index (κ1) is 29.6. The minimum atomic E-state index is -0.441. The molecule has 0 bridgehead atoms. The van der Waals surface area contributed by atoms with Gasteiger partial charge in [0.1, 0.15) is 0 Å². The van der Waals surface area contributed by atoms with E-state index in [2.05, 4.69) is 205 Å². The third-order valence-electron chi connectivity index (χ3n) is 12.2. The molecular weight excluding hydrogens is 651 g/mol. The van der Waals surface area contributed by atoms with Gasteiger partial charge in [-0.15, -0.1) is 0 Å². The maximum absolute atomic E-state index is 2.55. The smallest absolute Gasteiger partial charge is 0.0726 e. The van der Waals surface area contributed by atoms with Crippen LogP contribution >= 0.6 is 0 Å². The first-order valence-corrected chi connectivity index (χ1v) is 18.9. The van der Waals surface area contributed by atoms with Crippen LogP contribution in [0.5, 0.6) is 0 Å². The summed E-state index contributed by atoms with van der Waals surface area (Å²) >= 11 is 0. The molecule has 3 aliphatic carbocycles. The van der Waals surface area contributed by atoms with Crippen molar-refractivity contribution >= 4 is 27.8 Å². The van der Waals surface area contributed by atoms with Gasteiger partial charge in [-0.2, -0.15) is 0 Å². The van der Waals surface area contributed by atoms with E-state index in [1.807, 2.05) is 0 Å². The Kier molecular flexibility index (Phi) is 6.04. The molecule has 0 radical (unpaired) electrons. The molecule has 0 aliphatic heterocycles. The summed E-state index contributed by atoms with van der Waals surface area (Å²) in [5.41, 5.74) is 21.5. The van der Waals surface area contributed by atoms with Gasteiger partial charge >= 0.3 is 0 Å². The van der Waals surface area contributed by atoms with Crippen molar-refractivity contribution in [3.8, 4) is 55.6 Å². The van der Waals surface area contributed by atoms with Crippen molar-refractivity contribution in [1.29, 1.82) is 0 Å². The highest BCUT2D eigenvalue weighted by Crippen LogP contribution is 2.66. The van der Waals surface area contributed by atoms with E-state index in [-0.39, 0.29) is 0 Å². The first-order valence-electron chi connectivity index (χ1n) is 18.9. The van der Waals surface area contributed by atoms with E-state index >= 15 is 0 Å². The molecule has 1 heteroatoms. The van der Waals surface area contributed by atoms with Gasteiger partial charge in [-0.25, -0.2) is 0 Å². The lowest BCUT2D eigenvalue weighted by atomic mass is 9.70. The van der Waals surface area contributed by atoms with Crippen LogP contribution in [-0.4, -0.2) is 0 Å². The highest BCUT2D eigenvalue weighted by atomic mass is 15.1. The summed E-state index contributed by atoms with van der Waals surface area (Å²) in [5.74, 6) is 0. The van der Waals surface area contributed by atoms with Gasteiger partial charge in [0.15, 0.2) is 0 Å². The predicted octanol–water partition coefficient (Wildman–Crippen LogP) is 14.0. The molecule has 1 unspecified atom stereocenters. The number of benzene rings is 9. The van der Waals surface area contributed by atoms with E-state index in [1.165, 1.54) is 88.7 Å². The molecule has 0 saturated carbocycles. The van der Waals surface area contributed by atoms with Crippen molar-refractivity contribution in [3.05, 3.63) is 222 Å². The molecule has 54 heavy (non-hydrogen) atoms. The zero-order valence-corrected chi connectivity index (χ0v) is 29.5. The molecule has 1 atom stereocenters. The van der Waals surface area contributed by atoms with Crippen molar-refractivity contribution in [2.24, 2.45) is 0 Å². The van der Waals surface area contributed by atoms with Gasteiger partial charge in [-0.3, -0.25) is 0 Å². The SMILES string of the molecule is c1ccc(-c2ccc(N(c3ccccc3)c3ccc4c(c3)-c3ccccc3C43c4ccccc4-c4c3cc3c5c(cccc45)-c4ccccc4-3)cc2)cc1. The van der Waals surface area contributed by atoms with E-state index in [9.17, 15) is 0 Å². The van der Waals surface area contributed by atoms with E-state index in [4.69, 9.17) is 0 Å². The van der Waals surface area contributed by atoms with Crippen LogP contribution in [0.1, 0.15) is 22.3 Å². The monoisotopic (exact) mass is 683 g/mol. The van der Waals surface area contributed by atoms with Crippen LogP contribution in [0.2, 0.25) is 0 Å². The standard InChI is InChI=1S/C53H33N/c1-3-14-34(15-4-1)35-26-28-37(29-27-35)54(36-16-5-2-6-17-36)38-30-31-49-45(32-38)41-20-9-11-24-47(41)53(49)48-25-12-10-21-43(48)52-44-23-13-22-42-39-18-7-8-19-40(39)46(51(42)44)33-50(52)53/h1-33H. The molecule has 250 valence electrons. The van der Waals surface area contributed by atoms with Gasteiger partial charge in [-0.1, -0.05) is 158 Å². The second-order valence-electron chi connectivity index (χ2n) is 14.8. The van der Waals surface area contributed by atoms with Crippen LogP contribution in [0.3, 0.4) is 0 Å². The summed E-state index contributed by atoms with van der Waals surface area (Å²) in [6, 6.07) is 74.3.